The Morgan fingerprint density at radius 1 is 1.18 bits per heavy atom. The lowest BCUT2D eigenvalue weighted by atomic mass is 9.75. The number of alkyl halides is 1. The summed E-state index contributed by atoms with van der Waals surface area (Å²) < 4.78 is 0. The molecule has 1 fully saturated rings. The van der Waals surface area contributed by atoms with E-state index >= 15 is 0 Å². The highest BCUT2D eigenvalue weighted by Crippen LogP contribution is 2.34. The van der Waals surface area contributed by atoms with Crippen molar-refractivity contribution in [2.75, 3.05) is 25.0 Å². The van der Waals surface area contributed by atoms with Gasteiger partial charge in [-0.1, -0.05) is 43.6 Å². The van der Waals surface area contributed by atoms with Crippen LogP contribution in [0.25, 0.3) is 0 Å². The lowest BCUT2D eigenvalue weighted by molar-refractivity contribution is 0.108. The molecule has 0 saturated carbocycles. The SMILES string of the molecule is CC(CCBr)CCN1CCC(C(C)(C)C)CC1. The zero-order valence-corrected chi connectivity index (χ0v) is 13.7. The third-order valence-corrected chi connectivity index (χ3v) is 4.81. The lowest BCUT2D eigenvalue weighted by Gasteiger charge is -2.39. The van der Waals surface area contributed by atoms with E-state index in [9.17, 15) is 0 Å². The van der Waals surface area contributed by atoms with Crippen molar-refractivity contribution in [3.05, 3.63) is 0 Å². The Hall–Kier alpha value is 0.440. The maximum absolute atomic E-state index is 3.53. The van der Waals surface area contributed by atoms with Gasteiger partial charge in [0.2, 0.25) is 0 Å². The van der Waals surface area contributed by atoms with Gasteiger partial charge in [-0.25, -0.2) is 0 Å². The third kappa shape index (κ3) is 5.74. The number of piperidine rings is 1. The van der Waals surface area contributed by atoms with Crippen LogP contribution in [-0.2, 0) is 0 Å². The molecule has 1 saturated heterocycles. The van der Waals surface area contributed by atoms with Crippen LogP contribution in [0.2, 0.25) is 0 Å². The van der Waals surface area contributed by atoms with Crippen molar-refractivity contribution < 1.29 is 0 Å². The normalized spacial score (nSPS) is 21.7. The van der Waals surface area contributed by atoms with Crippen LogP contribution in [0, 0.1) is 17.3 Å². The third-order valence-electron chi connectivity index (χ3n) is 4.35. The van der Waals surface area contributed by atoms with E-state index in [4.69, 9.17) is 0 Å². The quantitative estimate of drug-likeness (QED) is 0.673. The second kappa shape index (κ2) is 7.13. The Kier molecular flexibility index (Phi) is 6.50. The van der Waals surface area contributed by atoms with Gasteiger partial charge in [-0.3, -0.25) is 0 Å². The molecule has 0 bridgehead atoms. The first-order chi connectivity index (χ1) is 7.93. The second-order valence-electron chi connectivity index (χ2n) is 6.85. The van der Waals surface area contributed by atoms with Crippen LogP contribution in [0.3, 0.4) is 0 Å². The molecule has 0 N–H and O–H groups in total. The van der Waals surface area contributed by atoms with Gasteiger partial charge in [0, 0.05) is 5.33 Å². The van der Waals surface area contributed by atoms with Crippen LogP contribution >= 0.6 is 15.9 Å². The van der Waals surface area contributed by atoms with E-state index in [2.05, 4.69) is 48.5 Å². The molecule has 0 aromatic heterocycles. The molecule has 0 aromatic carbocycles. The average Bonchev–Trinajstić information content (AvgIpc) is 2.26. The van der Waals surface area contributed by atoms with Crippen molar-refractivity contribution >= 4 is 15.9 Å². The predicted molar refractivity (Wildman–Crippen MR) is 80.8 cm³/mol. The maximum Gasteiger partial charge on any atom is 0.00338 e. The van der Waals surface area contributed by atoms with Gasteiger partial charge in [0.05, 0.1) is 0 Å². The fraction of sp³-hybridized carbons (Fsp3) is 1.00. The highest BCUT2D eigenvalue weighted by molar-refractivity contribution is 9.09. The van der Waals surface area contributed by atoms with E-state index < -0.39 is 0 Å². The summed E-state index contributed by atoms with van der Waals surface area (Å²) >= 11 is 3.53. The molecule has 1 heterocycles. The molecule has 0 radical (unpaired) electrons. The molecule has 0 spiro atoms. The van der Waals surface area contributed by atoms with E-state index in [1.54, 1.807) is 0 Å². The summed E-state index contributed by atoms with van der Waals surface area (Å²) in [5.41, 5.74) is 0.509. The largest absolute Gasteiger partial charge is 0.303 e. The molecule has 1 aliphatic rings. The molecule has 17 heavy (non-hydrogen) atoms. The summed E-state index contributed by atoms with van der Waals surface area (Å²) in [6.07, 6.45) is 5.48. The van der Waals surface area contributed by atoms with Gasteiger partial charge < -0.3 is 4.90 Å². The van der Waals surface area contributed by atoms with Crippen molar-refractivity contribution in [3.8, 4) is 0 Å². The molecule has 1 rings (SSSR count). The molecule has 1 nitrogen and oxygen atoms in total. The molecule has 1 aliphatic heterocycles. The van der Waals surface area contributed by atoms with E-state index in [1.165, 1.54) is 45.3 Å². The summed E-state index contributed by atoms with van der Waals surface area (Å²) in [4.78, 5) is 2.67. The minimum Gasteiger partial charge on any atom is -0.303 e. The Morgan fingerprint density at radius 3 is 2.24 bits per heavy atom. The van der Waals surface area contributed by atoms with Crippen molar-refractivity contribution in [2.45, 2.75) is 53.4 Å². The van der Waals surface area contributed by atoms with Crippen LogP contribution in [0.15, 0.2) is 0 Å². The number of hydrogen-bond donors (Lipinski definition) is 0. The van der Waals surface area contributed by atoms with Gasteiger partial charge in [0.25, 0.3) is 0 Å². The lowest BCUT2D eigenvalue weighted by Crippen LogP contribution is -2.38. The zero-order chi connectivity index (χ0) is 12.9. The molecule has 1 unspecified atom stereocenters. The zero-order valence-electron chi connectivity index (χ0n) is 12.1. The second-order valence-corrected chi connectivity index (χ2v) is 7.65. The molecular formula is C15H30BrN. The summed E-state index contributed by atoms with van der Waals surface area (Å²) in [5.74, 6) is 1.80. The summed E-state index contributed by atoms with van der Waals surface area (Å²) in [5, 5.41) is 1.15. The number of rotatable bonds is 5. The van der Waals surface area contributed by atoms with Crippen LogP contribution in [0.5, 0.6) is 0 Å². The monoisotopic (exact) mass is 303 g/mol. The fourth-order valence-corrected chi connectivity index (χ4v) is 3.54. The minimum atomic E-state index is 0.509. The first-order valence-corrected chi connectivity index (χ1v) is 8.34. The van der Waals surface area contributed by atoms with Gasteiger partial charge >= 0.3 is 0 Å². The summed E-state index contributed by atoms with van der Waals surface area (Å²) in [6.45, 7) is 13.5. The van der Waals surface area contributed by atoms with Crippen molar-refractivity contribution in [1.29, 1.82) is 0 Å². The fourth-order valence-electron chi connectivity index (χ4n) is 2.76. The average molecular weight is 304 g/mol. The Bertz CT molecular complexity index is 201. The van der Waals surface area contributed by atoms with E-state index in [0.29, 0.717) is 5.41 Å². The highest BCUT2D eigenvalue weighted by atomic mass is 79.9. The number of halogens is 1. The van der Waals surface area contributed by atoms with Crippen LogP contribution < -0.4 is 0 Å². The molecule has 0 aliphatic carbocycles. The van der Waals surface area contributed by atoms with Gasteiger partial charge in [-0.05, 0) is 62.6 Å². The smallest absolute Gasteiger partial charge is 0.00338 e. The maximum atomic E-state index is 3.53. The Balaban J connectivity index is 2.19. The topological polar surface area (TPSA) is 3.24 Å². The molecule has 1 atom stereocenters. The number of hydrogen-bond acceptors (Lipinski definition) is 1. The van der Waals surface area contributed by atoms with Crippen LogP contribution in [0.1, 0.15) is 53.4 Å². The predicted octanol–water partition coefficient (Wildman–Crippen LogP) is 4.56. The van der Waals surface area contributed by atoms with Crippen LogP contribution in [-0.4, -0.2) is 29.9 Å². The molecule has 102 valence electrons. The Morgan fingerprint density at radius 2 is 1.76 bits per heavy atom. The van der Waals surface area contributed by atoms with Gasteiger partial charge in [-0.15, -0.1) is 0 Å². The molecule has 0 aromatic rings. The van der Waals surface area contributed by atoms with Gasteiger partial charge in [0.15, 0.2) is 0 Å². The summed E-state index contributed by atoms with van der Waals surface area (Å²) in [6, 6.07) is 0. The highest BCUT2D eigenvalue weighted by Gasteiger charge is 2.28. The minimum absolute atomic E-state index is 0.509. The first kappa shape index (κ1) is 15.5. The van der Waals surface area contributed by atoms with Crippen molar-refractivity contribution in [2.24, 2.45) is 17.3 Å². The van der Waals surface area contributed by atoms with Gasteiger partial charge in [0.1, 0.15) is 0 Å². The van der Waals surface area contributed by atoms with E-state index in [-0.39, 0.29) is 0 Å². The van der Waals surface area contributed by atoms with E-state index in [1.807, 2.05) is 0 Å². The molecule has 0 amide bonds. The standard InChI is InChI=1S/C15H30BrN/c1-13(5-9-16)6-10-17-11-7-14(8-12-17)15(2,3)4/h13-14H,5-12H2,1-4H3. The van der Waals surface area contributed by atoms with Gasteiger partial charge in [-0.2, -0.15) is 0 Å². The summed E-state index contributed by atoms with van der Waals surface area (Å²) in [7, 11) is 0. The molecule has 2 heteroatoms. The van der Waals surface area contributed by atoms with Crippen molar-refractivity contribution in [3.63, 3.8) is 0 Å². The number of likely N-dealkylation sites (tertiary alicyclic amines) is 1. The number of nitrogens with zero attached hydrogens (tertiary/aromatic N) is 1. The van der Waals surface area contributed by atoms with E-state index in [0.717, 1.165) is 17.2 Å². The molecular weight excluding hydrogens is 274 g/mol. The van der Waals surface area contributed by atoms with Crippen LogP contribution in [0.4, 0.5) is 0 Å². The Labute approximate surface area is 116 Å². The van der Waals surface area contributed by atoms with Crippen molar-refractivity contribution in [1.82, 2.24) is 4.90 Å². The first-order valence-electron chi connectivity index (χ1n) is 7.21.